The molecule has 5 rings (SSSR count). The van der Waals surface area contributed by atoms with Crippen molar-refractivity contribution in [3.05, 3.63) is 45.5 Å². The third kappa shape index (κ3) is 4.27. The van der Waals surface area contributed by atoms with E-state index >= 15 is 0 Å². The molecule has 2 fully saturated rings. The largest absolute Gasteiger partial charge is 0.379 e. The highest BCUT2D eigenvalue weighted by molar-refractivity contribution is 6.42. The van der Waals surface area contributed by atoms with Gasteiger partial charge < -0.3 is 15.0 Å². The standard InChI is InChI=1S/C22H22Cl3N5O2/c23-14-1-2-20(26-11-14)30-19-10-17(25)16(24)9-18(19)28-22(30)29-6-3-13(4-7-29)21(31)27-15-5-8-32-12-15/h1-2,9-11,13,15H,3-8,12H2,(H,27,31)/t15-/m1/s1. The van der Waals surface area contributed by atoms with Crippen LogP contribution in [0.1, 0.15) is 19.3 Å². The molecule has 0 bridgehead atoms. The molecular formula is C22H22Cl3N5O2. The number of nitrogens with zero attached hydrogens (tertiary/aromatic N) is 4. The number of pyridine rings is 1. The van der Waals surface area contributed by atoms with Gasteiger partial charge in [-0.1, -0.05) is 34.8 Å². The second kappa shape index (κ2) is 9.06. The van der Waals surface area contributed by atoms with Gasteiger partial charge >= 0.3 is 0 Å². The molecule has 1 atom stereocenters. The predicted octanol–water partition coefficient (Wildman–Crippen LogP) is 4.50. The van der Waals surface area contributed by atoms with E-state index in [1.165, 1.54) is 0 Å². The van der Waals surface area contributed by atoms with E-state index in [1.807, 2.05) is 10.6 Å². The van der Waals surface area contributed by atoms with Crippen LogP contribution in [-0.2, 0) is 9.53 Å². The number of benzene rings is 1. The quantitative estimate of drug-likeness (QED) is 0.578. The van der Waals surface area contributed by atoms with E-state index in [0.717, 1.165) is 36.2 Å². The van der Waals surface area contributed by atoms with Gasteiger partial charge in [-0.2, -0.15) is 0 Å². The van der Waals surface area contributed by atoms with Crippen molar-refractivity contribution in [2.75, 3.05) is 31.2 Å². The maximum Gasteiger partial charge on any atom is 0.223 e. The summed E-state index contributed by atoms with van der Waals surface area (Å²) in [5.74, 6) is 1.54. The van der Waals surface area contributed by atoms with Crippen molar-refractivity contribution >= 4 is 57.7 Å². The highest BCUT2D eigenvalue weighted by atomic mass is 35.5. The Morgan fingerprint density at radius 2 is 1.88 bits per heavy atom. The fourth-order valence-corrected chi connectivity index (χ4v) is 4.73. The van der Waals surface area contributed by atoms with Crippen LogP contribution < -0.4 is 10.2 Å². The Bertz CT molecular complexity index is 1140. The second-order valence-electron chi connectivity index (χ2n) is 8.17. The zero-order chi connectivity index (χ0) is 22.2. The third-order valence-electron chi connectivity index (χ3n) is 6.04. The van der Waals surface area contributed by atoms with Crippen molar-refractivity contribution < 1.29 is 9.53 Å². The molecule has 1 amide bonds. The predicted molar refractivity (Wildman–Crippen MR) is 126 cm³/mol. The van der Waals surface area contributed by atoms with Crippen molar-refractivity contribution in [2.45, 2.75) is 25.3 Å². The molecule has 1 N–H and O–H groups in total. The number of amides is 1. The molecule has 7 nitrogen and oxygen atoms in total. The first kappa shape index (κ1) is 21.8. The van der Waals surface area contributed by atoms with E-state index < -0.39 is 0 Å². The number of imidazole rings is 1. The molecule has 2 aromatic heterocycles. The Morgan fingerprint density at radius 3 is 2.56 bits per heavy atom. The molecule has 168 valence electrons. The topological polar surface area (TPSA) is 72.3 Å². The number of anilines is 1. The molecule has 1 aromatic carbocycles. The summed E-state index contributed by atoms with van der Waals surface area (Å²) in [6.07, 6.45) is 3.98. The number of rotatable bonds is 4. The van der Waals surface area contributed by atoms with E-state index in [-0.39, 0.29) is 17.9 Å². The van der Waals surface area contributed by atoms with Crippen LogP contribution in [-0.4, -0.2) is 52.8 Å². The maximum atomic E-state index is 12.7. The lowest BCUT2D eigenvalue weighted by molar-refractivity contribution is -0.126. The SMILES string of the molecule is O=C(N[C@@H]1CCOC1)C1CCN(c2nc3cc(Cl)c(Cl)cc3n2-c2ccc(Cl)cn2)CC1. The zero-order valence-electron chi connectivity index (χ0n) is 17.2. The van der Waals surface area contributed by atoms with Gasteiger partial charge in [0.05, 0.1) is 38.8 Å². The minimum Gasteiger partial charge on any atom is -0.379 e. The number of carbonyl (C=O) groups is 1. The van der Waals surface area contributed by atoms with E-state index in [1.54, 1.807) is 24.4 Å². The molecule has 0 saturated carbocycles. The Hall–Kier alpha value is -2.06. The number of ether oxygens (including phenoxy) is 1. The van der Waals surface area contributed by atoms with Gasteiger partial charge in [0, 0.05) is 31.8 Å². The number of aromatic nitrogens is 3. The molecule has 0 spiro atoms. The van der Waals surface area contributed by atoms with Crippen molar-refractivity contribution in [2.24, 2.45) is 5.92 Å². The number of hydrogen-bond acceptors (Lipinski definition) is 5. The van der Waals surface area contributed by atoms with Crippen molar-refractivity contribution in [1.82, 2.24) is 19.9 Å². The average Bonchev–Trinajstić information content (AvgIpc) is 3.43. The lowest BCUT2D eigenvalue weighted by Crippen LogP contribution is -2.44. The summed E-state index contributed by atoms with van der Waals surface area (Å²) in [4.78, 5) is 24.2. The zero-order valence-corrected chi connectivity index (χ0v) is 19.5. The molecule has 2 saturated heterocycles. The van der Waals surface area contributed by atoms with Gasteiger partial charge in [0.2, 0.25) is 11.9 Å². The molecule has 10 heteroatoms. The van der Waals surface area contributed by atoms with Crippen LogP contribution in [0.3, 0.4) is 0 Å². The fraction of sp³-hybridized carbons (Fsp3) is 0.409. The van der Waals surface area contributed by atoms with Crippen molar-refractivity contribution in [3.8, 4) is 5.82 Å². The van der Waals surface area contributed by atoms with Crippen LogP contribution in [0.2, 0.25) is 15.1 Å². The third-order valence-corrected chi connectivity index (χ3v) is 6.99. The Labute approximate surface area is 200 Å². The van der Waals surface area contributed by atoms with E-state index in [9.17, 15) is 4.79 Å². The lowest BCUT2D eigenvalue weighted by Gasteiger charge is -2.32. The molecular weight excluding hydrogens is 473 g/mol. The van der Waals surface area contributed by atoms with E-state index in [0.29, 0.717) is 47.2 Å². The summed E-state index contributed by atoms with van der Waals surface area (Å²) < 4.78 is 7.32. The first-order valence-corrected chi connectivity index (χ1v) is 11.8. The molecule has 0 unspecified atom stereocenters. The van der Waals surface area contributed by atoms with Crippen LogP contribution in [0, 0.1) is 5.92 Å². The number of nitrogens with one attached hydrogen (secondary N) is 1. The van der Waals surface area contributed by atoms with Gasteiger partial charge in [0.15, 0.2) is 0 Å². The van der Waals surface area contributed by atoms with Gasteiger partial charge in [-0.05, 0) is 43.5 Å². The molecule has 32 heavy (non-hydrogen) atoms. The van der Waals surface area contributed by atoms with Gasteiger partial charge in [-0.3, -0.25) is 9.36 Å². The van der Waals surface area contributed by atoms with Crippen LogP contribution in [0.25, 0.3) is 16.9 Å². The van der Waals surface area contributed by atoms with Crippen molar-refractivity contribution in [3.63, 3.8) is 0 Å². The number of hydrogen-bond donors (Lipinski definition) is 1. The molecule has 0 aliphatic carbocycles. The van der Waals surface area contributed by atoms with Crippen LogP contribution in [0.15, 0.2) is 30.5 Å². The Kier molecular flexibility index (Phi) is 6.16. The fourth-order valence-electron chi connectivity index (χ4n) is 4.31. The average molecular weight is 495 g/mol. The molecule has 0 radical (unpaired) electrons. The minimum absolute atomic E-state index is 0.0118. The van der Waals surface area contributed by atoms with Gasteiger partial charge in [0.1, 0.15) is 5.82 Å². The first-order chi connectivity index (χ1) is 15.5. The van der Waals surface area contributed by atoms with Crippen LogP contribution in [0.5, 0.6) is 0 Å². The van der Waals surface area contributed by atoms with Gasteiger partial charge in [-0.15, -0.1) is 0 Å². The van der Waals surface area contributed by atoms with E-state index in [4.69, 9.17) is 44.5 Å². The number of carbonyl (C=O) groups excluding carboxylic acids is 1. The van der Waals surface area contributed by atoms with Gasteiger partial charge in [-0.25, -0.2) is 9.97 Å². The number of fused-ring (bicyclic) bond motifs is 1. The van der Waals surface area contributed by atoms with E-state index in [2.05, 4.69) is 15.2 Å². The summed E-state index contributed by atoms with van der Waals surface area (Å²) in [7, 11) is 0. The van der Waals surface area contributed by atoms with Crippen LogP contribution in [0.4, 0.5) is 5.95 Å². The number of halogens is 3. The summed E-state index contributed by atoms with van der Waals surface area (Å²) >= 11 is 18.6. The molecule has 4 heterocycles. The number of piperidine rings is 1. The monoisotopic (exact) mass is 493 g/mol. The summed E-state index contributed by atoms with van der Waals surface area (Å²) in [6, 6.07) is 7.34. The minimum atomic E-state index is -0.0118. The maximum absolute atomic E-state index is 12.7. The molecule has 2 aliphatic rings. The highest BCUT2D eigenvalue weighted by Crippen LogP contribution is 2.34. The summed E-state index contributed by atoms with van der Waals surface area (Å²) in [6.45, 7) is 2.73. The Morgan fingerprint density at radius 1 is 1.09 bits per heavy atom. The summed E-state index contributed by atoms with van der Waals surface area (Å²) in [5, 5.41) is 4.58. The Balaban J connectivity index is 1.42. The molecule has 2 aliphatic heterocycles. The lowest BCUT2D eigenvalue weighted by atomic mass is 9.95. The molecule has 3 aromatic rings. The smallest absolute Gasteiger partial charge is 0.223 e. The highest BCUT2D eigenvalue weighted by Gasteiger charge is 2.30. The van der Waals surface area contributed by atoms with Gasteiger partial charge in [0.25, 0.3) is 0 Å². The first-order valence-electron chi connectivity index (χ1n) is 10.6. The normalized spacial score (nSPS) is 19.6. The van der Waals surface area contributed by atoms with Crippen LogP contribution >= 0.6 is 34.8 Å². The van der Waals surface area contributed by atoms with Crippen molar-refractivity contribution in [1.29, 1.82) is 0 Å². The second-order valence-corrected chi connectivity index (χ2v) is 9.42. The summed E-state index contributed by atoms with van der Waals surface area (Å²) in [5.41, 5.74) is 1.54.